The average Bonchev–Trinajstić information content (AvgIpc) is 2.93. The van der Waals surface area contributed by atoms with E-state index in [1.165, 1.54) is 0 Å². The molecule has 4 fully saturated rings. The molecular weight excluding hydrogens is 378 g/mol. The summed E-state index contributed by atoms with van der Waals surface area (Å²) in [6.45, 7) is 4.75. The molecule has 156 valence electrons. The number of alkyl halides is 4. The predicted molar refractivity (Wildman–Crippen MR) is 92.6 cm³/mol. The molecular formula is C19H25F4N3O2. The van der Waals surface area contributed by atoms with Crippen LogP contribution in [-0.2, 0) is 11.7 Å². The van der Waals surface area contributed by atoms with Crippen LogP contribution in [0.15, 0.2) is 6.20 Å². The van der Waals surface area contributed by atoms with Crippen LogP contribution in [0.2, 0.25) is 0 Å². The molecule has 4 aliphatic carbocycles. The van der Waals surface area contributed by atoms with E-state index in [0.29, 0.717) is 25.2 Å². The number of aromatic nitrogens is 2. The summed E-state index contributed by atoms with van der Waals surface area (Å²) in [5, 5.41) is 6.50. The third-order valence-corrected chi connectivity index (χ3v) is 6.33. The van der Waals surface area contributed by atoms with Crippen molar-refractivity contribution in [3.8, 4) is 5.75 Å². The number of hydrogen-bond donors (Lipinski definition) is 1. The van der Waals surface area contributed by atoms with Gasteiger partial charge in [0.2, 0.25) is 0 Å². The molecule has 4 aliphatic rings. The van der Waals surface area contributed by atoms with Gasteiger partial charge in [-0.2, -0.15) is 18.3 Å². The van der Waals surface area contributed by atoms with Gasteiger partial charge in [-0.05, 0) is 70.6 Å². The molecule has 5 atom stereocenters. The van der Waals surface area contributed by atoms with Crippen LogP contribution in [0.5, 0.6) is 5.75 Å². The molecule has 4 bridgehead atoms. The van der Waals surface area contributed by atoms with Gasteiger partial charge in [0, 0.05) is 6.04 Å². The zero-order valence-electron chi connectivity index (χ0n) is 16.1. The Hall–Kier alpha value is -1.80. The lowest BCUT2D eigenvalue weighted by atomic mass is 9.53. The van der Waals surface area contributed by atoms with Crippen molar-refractivity contribution in [2.24, 2.45) is 17.8 Å². The number of ether oxygens (including phenoxy) is 1. The van der Waals surface area contributed by atoms with Crippen molar-refractivity contribution < 1.29 is 27.1 Å². The van der Waals surface area contributed by atoms with Gasteiger partial charge >= 0.3 is 12.3 Å². The second-order valence-electron chi connectivity index (χ2n) is 9.62. The molecule has 0 radical (unpaired) electrons. The van der Waals surface area contributed by atoms with Crippen molar-refractivity contribution >= 4 is 6.09 Å². The molecule has 1 aromatic rings. The number of amides is 1. The Balaban J connectivity index is 1.50. The highest BCUT2D eigenvalue weighted by Crippen LogP contribution is 2.57. The van der Waals surface area contributed by atoms with Gasteiger partial charge in [-0.1, -0.05) is 0 Å². The Bertz CT molecular complexity index is 767. The highest BCUT2D eigenvalue weighted by atomic mass is 19.4. The summed E-state index contributed by atoms with van der Waals surface area (Å²) in [7, 11) is 0. The van der Waals surface area contributed by atoms with Crippen molar-refractivity contribution in [1.29, 1.82) is 0 Å². The fraction of sp³-hybridized carbons (Fsp3) is 0.789. The summed E-state index contributed by atoms with van der Waals surface area (Å²) in [5.41, 5.74) is -3.17. The van der Waals surface area contributed by atoms with Gasteiger partial charge in [0.25, 0.3) is 0 Å². The van der Waals surface area contributed by atoms with Crippen LogP contribution in [0.25, 0.3) is 0 Å². The molecule has 1 heterocycles. The van der Waals surface area contributed by atoms with Gasteiger partial charge in [-0.3, -0.25) is 4.68 Å². The minimum Gasteiger partial charge on any atom is -0.406 e. The molecule has 0 aliphatic heterocycles. The summed E-state index contributed by atoms with van der Waals surface area (Å²) in [6, 6.07) is -0.250. The smallest absolute Gasteiger partial charge is 0.406 e. The van der Waals surface area contributed by atoms with Crippen molar-refractivity contribution in [2.45, 2.75) is 76.3 Å². The molecule has 0 aromatic carbocycles. The van der Waals surface area contributed by atoms with Crippen LogP contribution >= 0.6 is 0 Å². The standard InChI is InChI=1S/C19H25F4N3O2/c1-17(2,3)26-15(19(21,22)23)13(9-24-26)28-16(27)25-14-11-4-10-5-12(14)8-18(20,6-10)7-11/h9-12,14H,4-8H2,1-3H3,(H,25,27)/t10?,11-,12+,14?,18?. The fourth-order valence-corrected chi connectivity index (χ4v) is 5.60. The molecule has 1 amide bonds. The van der Waals surface area contributed by atoms with Crippen molar-refractivity contribution in [3.05, 3.63) is 11.9 Å². The third-order valence-electron chi connectivity index (χ3n) is 6.33. The van der Waals surface area contributed by atoms with E-state index in [1.54, 1.807) is 20.8 Å². The molecule has 3 unspecified atom stereocenters. The van der Waals surface area contributed by atoms with E-state index in [9.17, 15) is 22.4 Å². The van der Waals surface area contributed by atoms with E-state index in [2.05, 4.69) is 10.4 Å². The summed E-state index contributed by atoms with van der Waals surface area (Å²) >= 11 is 0. The Morgan fingerprint density at radius 2 is 1.82 bits per heavy atom. The molecule has 5 rings (SSSR count). The van der Waals surface area contributed by atoms with E-state index >= 15 is 0 Å². The number of carbonyl (C=O) groups is 1. The molecule has 9 heteroatoms. The topological polar surface area (TPSA) is 56.2 Å². The SMILES string of the molecule is CC(C)(C)n1ncc(OC(=O)NC2[C@@H]3CC4C[C@H]2CC(F)(C4)C3)c1C(F)(F)F. The first-order chi connectivity index (χ1) is 12.9. The van der Waals surface area contributed by atoms with Gasteiger partial charge in [-0.25, -0.2) is 9.18 Å². The molecule has 0 saturated heterocycles. The second kappa shape index (κ2) is 6.10. The van der Waals surface area contributed by atoms with E-state index in [1.807, 2.05) is 0 Å². The summed E-state index contributed by atoms with van der Waals surface area (Å²) < 4.78 is 61.2. The van der Waals surface area contributed by atoms with Crippen LogP contribution in [0.3, 0.4) is 0 Å². The van der Waals surface area contributed by atoms with Crippen molar-refractivity contribution in [1.82, 2.24) is 15.1 Å². The number of halogens is 4. The van der Waals surface area contributed by atoms with Crippen LogP contribution in [0.4, 0.5) is 22.4 Å². The van der Waals surface area contributed by atoms with E-state index < -0.39 is 34.9 Å². The quantitative estimate of drug-likeness (QED) is 0.731. The Morgan fingerprint density at radius 3 is 2.32 bits per heavy atom. The monoisotopic (exact) mass is 403 g/mol. The molecule has 1 aromatic heterocycles. The van der Waals surface area contributed by atoms with Gasteiger partial charge < -0.3 is 10.1 Å². The lowest BCUT2D eigenvalue weighted by Gasteiger charge is -2.56. The Kier molecular flexibility index (Phi) is 4.25. The highest BCUT2D eigenvalue weighted by Gasteiger charge is 2.56. The van der Waals surface area contributed by atoms with Gasteiger partial charge in [-0.15, -0.1) is 0 Å². The van der Waals surface area contributed by atoms with Crippen molar-refractivity contribution in [2.75, 3.05) is 0 Å². The van der Waals surface area contributed by atoms with Crippen LogP contribution < -0.4 is 10.1 Å². The van der Waals surface area contributed by atoms with Crippen LogP contribution in [0, 0.1) is 17.8 Å². The largest absolute Gasteiger partial charge is 0.436 e. The van der Waals surface area contributed by atoms with E-state index in [4.69, 9.17) is 4.74 Å². The molecule has 1 N–H and O–H groups in total. The minimum absolute atomic E-state index is 0.0168. The number of rotatable bonds is 2. The Labute approximate surface area is 160 Å². The zero-order valence-corrected chi connectivity index (χ0v) is 16.1. The predicted octanol–water partition coefficient (Wildman–Crippen LogP) is 4.66. The maximum atomic E-state index is 14.8. The van der Waals surface area contributed by atoms with Gasteiger partial charge in [0.1, 0.15) is 5.67 Å². The van der Waals surface area contributed by atoms with Gasteiger partial charge in [0.05, 0.1) is 11.7 Å². The lowest BCUT2D eigenvalue weighted by Crippen LogP contribution is -2.60. The first-order valence-electron chi connectivity index (χ1n) is 9.69. The first-order valence-corrected chi connectivity index (χ1v) is 9.69. The number of hydrogen-bond acceptors (Lipinski definition) is 3. The zero-order chi connectivity index (χ0) is 20.5. The molecule has 0 spiro atoms. The normalized spacial score (nSPS) is 34.5. The number of nitrogens with zero attached hydrogens (tertiary/aromatic N) is 2. The first kappa shape index (κ1) is 19.5. The third kappa shape index (κ3) is 3.37. The van der Waals surface area contributed by atoms with Crippen LogP contribution in [0.1, 0.15) is 58.6 Å². The highest BCUT2D eigenvalue weighted by molar-refractivity contribution is 5.71. The molecule has 28 heavy (non-hydrogen) atoms. The van der Waals surface area contributed by atoms with E-state index in [-0.39, 0.29) is 17.9 Å². The average molecular weight is 403 g/mol. The minimum atomic E-state index is -4.72. The van der Waals surface area contributed by atoms with E-state index in [0.717, 1.165) is 23.7 Å². The maximum Gasteiger partial charge on any atom is 0.436 e. The van der Waals surface area contributed by atoms with Crippen LogP contribution in [-0.4, -0.2) is 27.6 Å². The number of carbonyl (C=O) groups excluding carboxylic acids is 1. The Morgan fingerprint density at radius 1 is 1.21 bits per heavy atom. The fourth-order valence-electron chi connectivity index (χ4n) is 5.60. The molecule has 4 saturated carbocycles. The number of nitrogens with one attached hydrogen (secondary N) is 1. The van der Waals surface area contributed by atoms with Crippen molar-refractivity contribution in [3.63, 3.8) is 0 Å². The lowest BCUT2D eigenvalue weighted by molar-refractivity contribution is -0.147. The maximum absolute atomic E-state index is 14.8. The molecule has 5 nitrogen and oxygen atoms in total. The van der Waals surface area contributed by atoms with Gasteiger partial charge in [0.15, 0.2) is 11.4 Å². The summed E-state index contributed by atoms with van der Waals surface area (Å²) in [6.07, 6.45) is -1.64. The summed E-state index contributed by atoms with van der Waals surface area (Å²) in [5.74, 6) is -0.240. The second-order valence-corrected chi connectivity index (χ2v) is 9.62. The summed E-state index contributed by atoms with van der Waals surface area (Å²) in [4.78, 5) is 12.4.